The number of benzene rings is 3. The van der Waals surface area contributed by atoms with Gasteiger partial charge in [0.2, 0.25) is 0 Å². The number of hydrogen-bond acceptors (Lipinski definition) is 6. The Kier molecular flexibility index (Phi) is 9.17. The molecule has 1 amide bonds. The number of piperazine rings is 1. The quantitative estimate of drug-likeness (QED) is 0.325. The SMILES string of the molecule is CCOc1ccc(C2(C(=O)N3CCN(C)CC3)NC(c3ccc(Br)cc3)C(c3ccc(Br)cc3)N2)c(OCC)c1. The van der Waals surface area contributed by atoms with Crippen molar-refractivity contribution in [2.24, 2.45) is 0 Å². The fraction of sp³-hybridized carbons (Fsp3) is 0.387. The van der Waals surface area contributed by atoms with Gasteiger partial charge in [0.05, 0.1) is 25.3 Å². The summed E-state index contributed by atoms with van der Waals surface area (Å²) in [5.41, 5.74) is 1.70. The van der Waals surface area contributed by atoms with E-state index in [1.165, 1.54) is 0 Å². The molecule has 40 heavy (non-hydrogen) atoms. The summed E-state index contributed by atoms with van der Waals surface area (Å²) in [6.45, 7) is 7.90. The summed E-state index contributed by atoms with van der Waals surface area (Å²) in [5, 5.41) is 7.63. The molecule has 2 saturated heterocycles. The van der Waals surface area contributed by atoms with Gasteiger partial charge in [-0.15, -0.1) is 0 Å². The van der Waals surface area contributed by atoms with E-state index in [0.717, 1.165) is 38.7 Å². The van der Waals surface area contributed by atoms with E-state index in [4.69, 9.17) is 9.47 Å². The van der Waals surface area contributed by atoms with Crippen LogP contribution in [-0.4, -0.2) is 62.1 Å². The molecule has 2 unspecified atom stereocenters. The first-order valence-corrected chi connectivity index (χ1v) is 15.4. The number of ether oxygens (including phenoxy) is 2. The molecule has 0 aromatic heterocycles. The fourth-order valence-electron chi connectivity index (χ4n) is 5.55. The van der Waals surface area contributed by atoms with Crippen LogP contribution in [0.25, 0.3) is 0 Å². The van der Waals surface area contributed by atoms with Crippen molar-refractivity contribution in [1.82, 2.24) is 20.4 Å². The lowest BCUT2D eigenvalue weighted by Gasteiger charge is -2.40. The van der Waals surface area contributed by atoms with Crippen LogP contribution in [0.5, 0.6) is 11.5 Å². The van der Waals surface area contributed by atoms with Crippen LogP contribution in [0.15, 0.2) is 75.7 Å². The summed E-state index contributed by atoms with van der Waals surface area (Å²) < 4.78 is 14.0. The van der Waals surface area contributed by atoms with Crippen LogP contribution < -0.4 is 20.1 Å². The molecule has 0 saturated carbocycles. The molecule has 2 N–H and O–H groups in total. The zero-order valence-electron chi connectivity index (χ0n) is 23.1. The van der Waals surface area contributed by atoms with E-state index < -0.39 is 5.66 Å². The highest BCUT2D eigenvalue weighted by atomic mass is 79.9. The molecule has 2 heterocycles. The minimum absolute atomic E-state index is 0.00700. The Morgan fingerprint density at radius 2 is 1.35 bits per heavy atom. The highest BCUT2D eigenvalue weighted by molar-refractivity contribution is 9.10. The standard InChI is InChI=1S/C31H36Br2N4O3/c1-4-39-25-14-15-26(27(20-25)40-5-2)31(30(38)37-18-16-36(3)17-19-37)34-28(21-6-10-23(32)11-7-21)29(35-31)22-8-12-24(33)13-9-22/h6-15,20,28-29,34-35H,4-5,16-19H2,1-3H3. The average Bonchev–Trinajstić information content (AvgIpc) is 3.36. The van der Waals surface area contributed by atoms with Crippen LogP contribution >= 0.6 is 31.9 Å². The molecule has 7 nitrogen and oxygen atoms in total. The first kappa shape index (κ1) is 29.1. The Balaban J connectivity index is 1.67. The predicted octanol–water partition coefficient (Wildman–Crippen LogP) is 5.61. The highest BCUT2D eigenvalue weighted by Crippen LogP contribution is 2.45. The van der Waals surface area contributed by atoms with Crippen LogP contribution in [0.1, 0.15) is 42.6 Å². The van der Waals surface area contributed by atoms with Crippen molar-refractivity contribution >= 4 is 37.8 Å². The van der Waals surface area contributed by atoms with Gasteiger partial charge in [0.15, 0.2) is 5.66 Å². The fourth-order valence-corrected chi connectivity index (χ4v) is 6.08. The molecule has 2 aliphatic rings. The maximum absolute atomic E-state index is 14.7. The zero-order chi connectivity index (χ0) is 28.3. The third-order valence-electron chi connectivity index (χ3n) is 7.61. The molecule has 2 atom stereocenters. The molecule has 2 fully saturated rings. The number of amides is 1. The van der Waals surface area contributed by atoms with Crippen molar-refractivity contribution in [2.45, 2.75) is 31.6 Å². The minimum Gasteiger partial charge on any atom is -0.494 e. The van der Waals surface area contributed by atoms with Gasteiger partial charge in [-0.25, -0.2) is 0 Å². The molecule has 3 aromatic carbocycles. The van der Waals surface area contributed by atoms with Gasteiger partial charge in [0, 0.05) is 46.8 Å². The molecule has 0 radical (unpaired) electrons. The number of likely N-dealkylation sites (N-methyl/N-ethyl adjacent to an activating group) is 1. The van der Waals surface area contributed by atoms with E-state index in [9.17, 15) is 4.79 Å². The van der Waals surface area contributed by atoms with Gasteiger partial charge in [0.25, 0.3) is 5.91 Å². The maximum Gasteiger partial charge on any atom is 0.262 e. The largest absolute Gasteiger partial charge is 0.494 e. The number of halogens is 2. The summed E-state index contributed by atoms with van der Waals surface area (Å²) >= 11 is 7.15. The summed E-state index contributed by atoms with van der Waals surface area (Å²) in [5.74, 6) is 1.33. The van der Waals surface area contributed by atoms with Crippen molar-refractivity contribution in [3.05, 3.63) is 92.4 Å². The summed E-state index contributed by atoms with van der Waals surface area (Å²) in [4.78, 5) is 19.0. The van der Waals surface area contributed by atoms with Gasteiger partial charge in [-0.1, -0.05) is 56.1 Å². The highest BCUT2D eigenvalue weighted by Gasteiger charge is 2.54. The van der Waals surface area contributed by atoms with Gasteiger partial charge in [-0.3, -0.25) is 15.4 Å². The number of carbonyl (C=O) groups is 1. The Morgan fingerprint density at radius 1 is 0.825 bits per heavy atom. The summed E-state index contributed by atoms with van der Waals surface area (Å²) in [6, 6.07) is 22.0. The first-order valence-electron chi connectivity index (χ1n) is 13.8. The lowest BCUT2D eigenvalue weighted by Crippen LogP contribution is -2.61. The average molecular weight is 672 g/mol. The van der Waals surface area contributed by atoms with Crippen molar-refractivity contribution in [1.29, 1.82) is 0 Å². The Hall–Kier alpha value is -2.43. The molecule has 9 heteroatoms. The van der Waals surface area contributed by atoms with Gasteiger partial charge >= 0.3 is 0 Å². The molecule has 0 spiro atoms. The molecule has 0 bridgehead atoms. The van der Waals surface area contributed by atoms with E-state index >= 15 is 0 Å². The molecule has 2 aliphatic heterocycles. The smallest absolute Gasteiger partial charge is 0.262 e. The van der Waals surface area contributed by atoms with Crippen LogP contribution in [0.4, 0.5) is 0 Å². The molecule has 212 valence electrons. The lowest BCUT2D eigenvalue weighted by molar-refractivity contribution is -0.141. The van der Waals surface area contributed by atoms with Crippen LogP contribution in [0, 0.1) is 0 Å². The molecule has 0 aliphatic carbocycles. The van der Waals surface area contributed by atoms with E-state index in [0.29, 0.717) is 37.8 Å². The second-order valence-electron chi connectivity index (χ2n) is 10.2. The Bertz CT molecular complexity index is 1260. The molecule has 3 aromatic rings. The summed E-state index contributed by atoms with van der Waals surface area (Å²) in [7, 11) is 2.09. The van der Waals surface area contributed by atoms with Gasteiger partial charge in [0.1, 0.15) is 11.5 Å². The van der Waals surface area contributed by atoms with Crippen molar-refractivity contribution in [2.75, 3.05) is 46.4 Å². The topological polar surface area (TPSA) is 66.1 Å². The van der Waals surface area contributed by atoms with E-state index in [-0.39, 0.29) is 18.0 Å². The van der Waals surface area contributed by atoms with Crippen LogP contribution in [0.3, 0.4) is 0 Å². The van der Waals surface area contributed by atoms with Crippen molar-refractivity contribution in [3.63, 3.8) is 0 Å². The van der Waals surface area contributed by atoms with Gasteiger partial charge in [-0.2, -0.15) is 0 Å². The molecular formula is C31H36Br2N4O3. The lowest BCUT2D eigenvalue weighted by atomic mass is 9.95. The summed E-state index contributed by atoms with van der Waals surface area (Å²) in [6.07, 6.45) is 0. The van der Waals surface area contributed by atoms with E-state index in [2.05, 4.69) is 78.7 Å². The maximum atomic E-state index is 14.7. The number of nitrogens with one attached hydrogen (secondary N) is 2. The van der Waals surface area contributed by atoms with E-state index in [1.807, 2.05) is 61.2 Å². The normalized spacial score (nSPS) is 23.3. The van der Waals surface area contributed by atoms with E-state index in [1.54, 1.807) is 0 Å². The third kappa shape index (κ3) is 5.94. The predicted molar refractivity (Wildman–Crippen MR) is 165 cm³/mol. The number of rotatable bonds is 8. The van der Waals surface area contributed by atoms with Crippen molar-refractivity contribution in [3.8, 4) is 11.5 Å². The number of carbonyl (C=O) groups excluding carboxylic acids is 1. The zero-order valence-corrected chi connectivity index (χ0v) is 26.3. The molecule has 5 rings (SSSR count). The second-order valence-corrected chi connectivity index (χ2v) is 12.0. The number of hydrogen-bond donors (Lipinski definition) is 2. The van der Waals surface area contributed by atoms with Crippen LogP contribution in [0.2, 0.25) is 0 Å². The first-order chi connectivity index (χ1) is 19.3. The second kappa shape index (κ2) is 12.6. The third-order valence-corrected chi connectivity index (χ3v) is 8.67. The molecular weight excluding hydrogens is 636 g/mol. The minimum atomic E-state index is -1.22. The van der Waals surface area contributed by atoms with Gasteiger partial charge < -0.3 is 19.3 Å². The Labute approximate surface area is 253 Å². The number of nitrogens with zero attached hydrogens (tertiary/aromatic N) is 2. The van der Waals surface area contributed by atoms with Crippen LogP contribution in [-0.2, 0) is 10.5 Å². The van der Waals surface area contributed by atoms with Gasteiger partial charge in [-0.05, 0) is 68.4 Å². The van der Waals surface area contributed by atoms with Crippen molar-refractivity contribution < 1.29 is 14.3 Å². The Morgan fingerprint density at radius 3 is 1.85 bits per heavy atom. The monoisotopic (exact) mass is 670 g/mol.